The molecule has 0 aliphatic rings. The highest BCUT2D eigenvalue weighted by atomic mass is 127. The van der Waals surface area contributed by atoms with Crippen LogP contribution in [-0.2, 0) is 0 Å². The molecular formula is C12H7IN2OS. The number of aromatic nitrogens is 2. The number of hydrogen-bond donors (Lipinski definition) is 0. The first-order valence-electron chi connectivity index (χ1n) is 4.99. The summed E-state index contributed by atoms with van der Waals surface area (Å²) in [4.78, 5) is 17.1. The van der Waals surface area contributed by atoms with Gasteiger partial charge in [-0.25, -0.2) is 8.94 Å². The Bertz CT molecular complexity index is 730. The molecule has 0 fully saturated rings. The average molecular weight is 354 g/mol. The summed E-state index contributed by atoms with van der Waals surface area (Å²) < 4.78 is 2.83. The second-order valence-corrected chi connectivity index (χ2v) is 5.70. The topological polar surface area (TPSA) is 34.9 Å². The van der Waals surface area contributed by atoms with Gasteiger partial charge in [0, 0.05) is 9.77 Å². The van der Waals surface area contributed by atoms with E-state index in [9.17, 15) is 4.79 Å². The molecule has 0 saturated carbocycles. The lowest BCUT2D eigenvalue weighted by atomic mass is 10.3. The molecule has 0 aliphatic carbocycles. The van der Waals surface area contributed by atoms with Gasteiger partial charge >= 0.3 is 0 Å². The summed E-state index contributed by atoms with van der Waals surface area (Å²) in [5.41, 5.74) is 0.887. The SMILES string of the molecule is O=c1c2cccnc2sn1-c1ccc(I)cc1. The van der Waals surface area contributed by atoms with E-state index in [1.807, 2.05) is 30.3 Å². The average Bonchev–Trinajstić information content (AvgIpc) is 2.69. The van der Waals surface area contributed by atoms with Gasteiger partial charge in [0.2, 0.25) is 0 Å². The minimum atomic E-state index is -0.000641. The Morgan fingerprint density at radius 1 is 1.18 bits per heavy atom. The van der Waals surface area contributed by atoms with Crippen LogP contribution < -0.4 is 5.56 Å². The molecule has 5 heteroatoms. The van der Waals surface area contributed by atoms with Crippen molar-refractivity contribution in [3.8, 4) is 5.69 Å². The zero-order chi connectivity index (χ0) is 11.8. The van der Waals surface area contributed by atoms with Gasteiger partial charge in [-0.05, 0) is 70.5 Å². The second kappa shape index (κ2) is 4.23. The third-order valence-corrected chi connectivity index (χ3v) is 4.20. The molecule has 0 radical (unpaired) electrons. The molecule has 0 saturated heterocycles. The Balaban J connectivity index is 2.27. The lowest BCUT2D eigenvalue weighted by Gasteiger charge is -1.99. The van der Waals surface area contributed by atoms with Crippen LogP contribution in [0.2, 0.25) is 0 Å². The quantitative estimate of drug-likeness (QED) is 0.630. The van der Waals surface area contributed by atoms with Gasteiger partial charge in [-0.1, -0.05) is 0 Å². The number of rotatable bonds is 1. The number of fused-ring (bicyclic) bond motifs is 1. The molecule has 0 unspecified atom stereocenters. The summed E-state index contributed by atoms with van der Waals surface area (Å²) in [6, 6.07) is 11.5. The highest BCUT2D eigenvalue weighted by Crippen LogP contribution is 2.18. The lowest BCUT2D eigenvalue weighted by Crippen LogP contribution is -2.10. The van der Waals surface area contributed by atoms with Crippen LogP contribution in [0.3, 0.4) is 0 Å². The molecule has 2 aromatic heterocycles. The molecule has 3 nitrogen and oxygen atoms in total. The van der Waals surface area contributed by atoms with E-state index in [-0.39, 0.29) is 5.56 Å². The van der Waals surface area contributed by atoms with Crippen LogP contribution in [0.1, 0.15) is 0 Å². The summed E-state index contributed by atoms with van der Waals surface area (Å²) in [6.07, 6.45) is 1.70. The van der Waals surface area contributed by atoms with Gasteiger partial charge in [-0.2, -0.15) is 0 Å². The molecule has 84 valence electrons. The van der Waals surface area contributed by atoms with Crippen molar-refractivity contribution in [2.75, 3.05) is 0 Å². The number of hydrogen-bond acceptors (Lipinski definition) is 3. The predicted octanol–water partition coefficient (Wildman–Crippen LogP) is 3.05. The summed E-state index contributed by atoms with van der Waals surface area (Å²) in [5.74, 6) is 0. The van der Waals surface area contributed by atoms with Gasteiger partial charge in [0.25, 0.3) is 5.56 Å². The van der Waals surface area contributed by atoms with E-state index in [1.54, 1.807) is 16.2 Å². The fraction of sp³-hybridized carbons (Fsp3) is 0. The lowest BCUT2D eigenvalue weighted by molar-refractivity contribution is 1.14. The van der Waals surface area contributed by atoms with Crippen LogP contribution >= 0.6 is 34.1 Å². The van der Waals surface area contributed by atoms with E-state index in [2.05, 4.69) is 27.6 Å². The Morgan fingerprint density at radius 2 is 1.94 bits per heavy atom. The summed E-state index contributed by atoms with van der Waals surface area (Å²) >= 11 is 3.62. The van der Waals surface area contributed by atoms with Gasteiger partial charge in [0.05, 0.1) is 11.1 Å². The van der Waals surface area contributed by atoms with Crippen LogP contribution in [-0.4, -0.2) is 8.94 Å². The minimum Gasteiger partial charge on any atom is -0.267 e. The predicted molar refractivity (Wildman–Crippen MR) is 77.9 cm³/mol. The van der Waals surface area contributed by atoms with Gasteiger partial charge in [0.15, 0.2) is 0 Å². The van der Waals surface area contributed by atoms with E-state index < -0.39 is 0 Å². The summed E-state index contributed by atoms with van der Waals surface area (Å²) in [6.45, 7) is 0. The highest BCUT2D eigenvalue weighted by Gasteiger charge is 2.08. The molecule has 0 spiro atoms. The number of nitrogens with zero attached hydrogens (tertiary/aromatic N) is 2. The van der Waals surface area contributed by atoms with Crippen molar-refractivity contribution in [1.82, 2.24) is 8.94 Å². The van der Waals surface area contributed by atoms with Gasteiger partial charge in [-0.3, -0.25) is 4.79 Å². The molecule has 3 rings (SSSR count). The number of halogens is 1. The molecule has 0 amide bonds. The Kier molecular flexibility index (Phi) is 2.71. The molecule has 0 N–H and O–H groups in total. The smallest absolute Gasteiger partial charge is 0.267 e. The van der Waals surface area contributed by atoms with Crippen LogP contribution in [0.4, 0.5) is 0 Å². The maximum atomic E-state index is 12.1. The first-order valence-corrected chi connectivity index (χ1v) is 6.84. The Labute approximate surface area is 115 Å². The van der Waals surface area contributed by atoms with Crippen LogP contribution in [0.15, 0.2) is 47.4 Å². The van der Waals surface area contributed by atoms with Crippen molar-refractivity contribution in [2.24, 2.45) is 0 Å². The van der Waals surface area contributed by atoms with E-state index in [0.29, 0.717) is 5.39 Å². The zero-order valence-electron chi connectivity index (χ0n) is 8.63. The summed E-state index contributed by atoms with van der Waals surface area (Å²) in [7, 11) is 0. The van der Waals surface area contributed by atoms with Crippen LogP contribution in [0, 0.1) is 3.57 Å². The van der Waals surface area contributed by atoms with Gasteiger partial charge in [0.1, 0.15) is 4.83 Å². The molecule has 3 aromatic rings. The third-order valence-electron chi connectivity index (χ3n) is 2.42. The van der Waals surface area contributed by atoms with E-state index in [0.717, 1.165) is 14.1 Å². The maximum Gasteiger partial charge on any atom is 0.274 e. The van der Waals surface area contributed by atoms with E-state index >= 15 is 0 Å². The fourth-order valence-electron chi connectivity index (χ4n) is 1.61. The Hall–Kier alpha value is -1.21. The number of pyridine rings is 1. The minimum absolute atomic E-state index is 0.000641. The normalized spacial score (nSPS) is 10.9. The van der Waals surface area contributed by atoms with Gasteiger partial charge in [-0.15, -0.1) is 0 Å². The first kappa shape index (κ1) is 10.9. The second-order valence-electron chi connectivity index (χ2n) is 3.52. The molecule has 2 heterocycles. The Morgan fingerprint density at radius 3 is 2.65 bits per heavy atom. The molecule has 17 heavy (non-hydrogen) atoms. The largest absolute Gasteiger partial charge is 0.274 e. The van der Waals surface area contributed by atoms with Crippen LogP contribution in [0.5, 0.6) is 0 Å². The summed E-state index contributed by atoms with van der Waals surface area (Å²) in [5, 5.41) is 0.677. The van der Waals surface area contributed by atoms with Crippen molar-refractivity contribution in [2.45, 2.75) is 0 Å². The molecule has 0 aliphatic heterocycles. The monoisotopic (exact) mass is 354 g/mol. The molecule has 0 atom stereocenters. The van der Waals surface area contributed by atoms with Gasteiger partial charge < -0.3 is 0 Å². The number of benzene rings is 1. The highest BCUT2D eigenvalue weighted by molar-refractivity contribution is 14.1. The van der Waals surface area contributed by atoms with Crippen LogP contribution in [0.25, 0.3) is 15.9 Å². The molecular weight excluding hydrogens is 347 g/mol. The van der Waals surface area contributed by atoms with Crippen molar-refractivity contribution in [3.05, 3.63) is 56.5 Å². The van der Waals surface area contributed by atoms with Crippen molar-refractivity contribution >= 4 is 44.3 Å². The standard InChI is InChI=1S/C12H7IN2OS/c13-8-3-5-9(6-4-8)15-12(16)10-2-1-7-14-11(10)17-15/h1-7H. The maximum absolute atomic E-state index is 12.1. The van der Waals surface area contributed by atoms with Crippen molar-refractivity contribution in [3.63, 3.8) is 0 Å². The first-order chi connectivity index (χ1) is 8.25. The van der Waals surface area contributed by atoms with Crippen molar-refractivity contribution in [1.29, 1.82) is 0 Å². The van der Waals surface area contributed by atoms with E-state index in [4.69, 9.17) is 0 Å². The molecule has 0 bridgehead atoms. The van der Waals surface area contributed by atoms with E-state index in [1.165, 1.54) is 11.5 Å². The fourth-order valence-corrected chi connectivity index (χ4v) is 2.91. The molecule has 1 aromatic carbocycles. The third kappa shape index (κ3) is 1.89. The van der Waals surface area contributed by atoms with Crippen molar-refractivity contribution < 1.29 is 0 Å². The zero-order valence-corrected chi connectivity index (χ0v) is 11.6.